The van der Waals surface area contributed by atoms with Gasteiger partial charge in [0.25, 0.3) is 10.5 Å². The summed E-state index contributed by atoms with van der Waals surface area (Å²) in [5, 5.41) is 1.63. The minimum atomic E-state index is -0.639. The van der Waals surface area contributed by atoms with Gasteiger partial charge >= 0.3 is 0 Å². The largest absolute Gasteiger partial charge is 0.361 e. The average Bonchev–Trinajstić information content (AvgIpc) is 2.07. The molecule has 0 spiro atoms. The number of carbonyl (C=O) groups is 2. The number of amides is 2. The summed E-state index contributed by atoms with van der Waals surface area (Å²) in [5.41, 5.74) is 6.19. The van der Waals surface area contributed by atoms with Gasteiger partial charge in [0, 0.05) is 5.69 Å². The standard InChI is InChI=1S/C8H9NOS.CH3NOS/c1-6-4-2-3-5-7(6)9-8(10)11;2-1(3)4/h2-5H,1H3,(H2,9,10,11);(H3,2,3,4). The lowest BCUT2D eigenvalue weighted by atomic mass is 10.2. The van der Waals surface area contributed by atoms with Crippen molar-refractivity contribution >= 4 is 41.4 Å². The highest BCUT2D eigenvalue weighted by Crippen LogP contribution is 2.13. The minimum absolute atomic E-state index is 0.334. The van der Waals surface area contributed by atoms with E-state index in [0.29, 0.717) is 0 Å². The smallest absolute Gasteiger partial charge is 0.280 e. The summed E-state index contributed by atoms with van der Waals surface area (Å²) in [6.45, 7) is 1.93. The summed E-state index contributed by atoms with van der Waals surface area (Å²) >= 11 is 6.71. The monoisotopic (exact) mass is 244 g/mol. The Morgan fingerprint density at radius 3 is 2.13 bits per heavy atom. The number of primary amides is 1. The van der Waals surface area contributed by atoms with E-state index >= 15 is 0 Å². The van der Waals surface area contributed by atoms with Gasteiger partial charge < -0.3 is 11.1 Å². The van der Waals surface area contributed by atoms with E-state index in [1.54, 1.807) is 0 Å². The number of anilines is 1. The molecule has 0 radical (unpaired) electrons. The first kappa shape index (κ1) is 13.9. The number of thiol groups is 2. The quantitative estimate of drug-likeness (QED) is 0.573. The number of para-hydroxylation sites is 1. The van der Waals surface area contributed by atoms with Crippen molar-refractivity contribution < 1.29 is 9.59 Å². The van der Waals surface area contributed by atoms with Crippen molar-refractivity contribution in [3.05, 3.63) is 29.8 Å². The van der Waals surface area contributed by atoms with E-state index in [9.17, 15) is 4.79 Å². The fraction of sp³-hybridized carbons (Fsp3) is 0.111. The molecule has 3 N–H and O–H groups in total. The molecule has 15 heavy (non-hydrogen) atoms. The van der Waals surface area contributed by atoms with Crippen molar-refractivity contribution in [1.82, 2.24) is 0 Å². The molecule has 6 heteroatoms. The predicted molar refractivity (Wildman–Crippen MR) is 67.8 cm³/mol. The summed E-state index contributed by atoms with van der Waals surface area (Å²) in [4.78, 5) is 19.6. The Morgan fingerprint density at radius 1 is 1.27 bits per heavy atom. The van der Waals surface area contributed by atoms with E-state index in [-0.39, 0.29) is 5.24 Å². The van der Waals surface area contributed by atoms with E-state index < -0.39 is 5.24 Å². The second-order valence-corrected chi connectivity index (χ2v) is 3.43. The van der Waals surface area contributed by atoms with Crippen LogP contribution in [0.15, 0.2) is 24.3 Å². The zero-order chi connectivity index (χ0) is 11.8. The van der Waals surface area contributed by atoms with Crippen molar-refractivity contribution in [2.75, 3.05) is 5.32 Å². The van der Waals surface area contributed by atoms with E-state index in [4.69, 9.17) is 4.79 Å². The molecule has 2 amide bonds. The van der Waals surface area contributed by atoms with Gasteiger partial charge in [-0.2, -0.15) is 0 Å². The van der Waals surface area contributed by atoms with Crippen molar-refractivity contribution in [1.29, 1.82) is 0 Å². The summed E-state index contributed by atoms with van der Waals surface area (Å²) in [6.07, 6.45) is 0. The molecule has 4 nitrogen and oxygen atoms in total. The molecule has 0 atom stereocenters. The van der Waals surface area contributed by atoms with Crippen LogP contribution in [0.25, 0.3) is 0 Å². The van der Waals surface area contributed by atoms with Crippen LogP contribution in [0, 0.1) is 6.92 Å². The minimum Gasteiger partial charge on any atom is -0.361 e. The lowest BCUT2D eigenvalue weighted by molar-refractivity contribution is 0.267. The molecule has 0 saturated carbocycles. The van der Waals surface area contributed by atoms with Gasteiger partial charge in [0.05, 0.1) is 0 Å². The summed E-state index contributed by atoms with van der Waals surface area (Å²) in [5.74, 6) is 0. The lowest BCUT2D eigenvalue weighted by Gasteiger charge is -2.03. The number of rotatable bonds is 1. The molecular formula is C9H12N2O2S2. The Bertz CT molecular complexity index is 352. The maximum Gasteiger partial charge on any atom is 0.280 e. The van der Waals surface area contributed by atoms with Crippen molar-refractivity contribution in [3.8, 4) is 0 Å². The Labute approximate surface area is 99.1 Å². The molecule has 0 aliphatic carbocycles. The van der Waals surface area contributed by atoms with Gasteiger partial charge in [-0.05, 0) is 18.6 Å². The van der Waals surface area contributed by atoms with Crippen LogP contribution in [0.3, 0.4) is 0 Å². The number of hydrogen-bond donors (Lipinski definition) is 4. The van der Waals surface area contributed by atoms with Crippen LogP contribution in [-0.4, -0.2) is 10.5 Å². The Kier molecular flexibility index (Phi) is 6.64. The molecule has 1 rings (SSSR count). The number of aryl methyl sites for hydroxylation is 1. The normalized spacial score (nSPS) is 8.47. The highest BCUT2D eigenvalue weighted by Gasteiger charge is 1.97. The molecule has 0 aliphatic rings. The molecule has 0 unspecified atom stereocenters. The first-order valence-electron chi connectivity index (χ1n) is 3.97. The third kappa shape index (κ3) is 7.90. The third-order valence-corrected chi connectivity index (χ3v) is 1.50. The Morgan fingerprint density at radius 2 is 1.73 bits per heavy atom. The summed E-state index contributed by atoms with van der Waals surface area (Å²) in [7, 11) is 0. The predicted octanol–water partition coefficient (Wildman–Crippen LogP) is 2.45. The van der Waals surface area contributed by atoms with Crippen molar-refractivity contribution in [2.45, 2.75) is 6.92 Å². The molecule has 82 valence electrons. The molecule has 1 aromatic rings. The van der Waals surface area contributed by atoms with Gasteiger partial charge in [-0.3, -0.25) is 9.59 Å². The van der Waals surface area contributed by atoms with Gasteiger partial charge in [-0.1, -0.05) is 43.5 Å². The first-order valence-corrected chi connectivity index (χ1v) is 4.87. The molecule has 0 fully saturated rings. The zero-order valence-electron chi connectivity index (χ0n) is 8.10. The van der Waals surface area contributed by atoms with Crippen molar-refractivity contribution in [2.24, 2.45) is 5.73 Å². The number of hydrogen-bond acceptors (Lipinski definition) is 2. The topological polar surface area (TPSA) is 72.2 Å². The van der Waals surface area contributed by atoms with Gasteiger partial charge in [0.15, 0.2) is 0 Å². The van der Waals surface area contributed by atoms with Crippen molar-refractivity contribution in [3.63, 3.8) is 0 Å². The molecule has 1 aromatic carbocycles. The summed E-state index contributed by atoms with van der Waals surface area (Å²) < 4.78 is 0. The van der Waals surface area contributed by atoms with E-state index in [2.05, 4.69) is 36.3 Å². The van der Waals surface area contributed by atoms with Crippen LogP contribution in [-0.2, 0) is 0 Å². The van der Waals surface area contributed by atoms with Gasteiger partial charge in [-0.15, -0.1) is 0 Å². The molecule has 0 aliphatic heterocycles. The maximum absolute atomic E-state index is 10.5. The highest BCUT2D eigenvalue weighted by atomic mass is 32.1. The number of nitrogens with two attached hydrogens (primary N) is 1. The molecule has 0 bridgehead atoms. The maximum atomic E-state index is 10.5. The van der Waals surface area contributed by atoms with Gasteiger partial charge in [-0.25, -0.2) is 0 Å². The van der Waals surface area contributed by atoms with Crippen LogP contribution in [0.4, 0.5) is 15.3 Å². The SMILES string of the molecule is Cc1ccccc1NC(=O)S.NC(=O)S. The fourth-order valence-corrected chi connectivity index (χ4v) is 0.949. The second kappa shape index (κ2) is 7.19. The number of nitrogens with one attached hydrogen (secondary N) is 1. The molecular weight excluding hydrogens is 232 g/mol. The number of benzene rings is 1. The molecule has 0 saturated heterocycles. The van der Waals surface area contributed by atoms with Gasteiger partial charge in [0.2, 0.25) is 0 Å². The fourth-order valence-electron chi connectivity index (χ4n) is 0.828. The van der Waals surface area contributed by atoms with Gasteiger partial charge in [0.1, 0.15) is 0 Å². The van der Waals surface area contributed by atoms with Crippen LogP contribution in [0.1, 0.15) is 5.56 Å². The van der Waals surface area contributed by atoms with E-state index in [0.717, 1.165) is 11.3 Å². The van der Waals surface area contributed by atoms with E-state index in [1.807, 2.05) is 31.2 Å². The Hall–Kier alpha value is -1.14. The van der Waals surface area contributed by atoms with Crippen LogP contribution < -0.4 is 11.1 Å². The van der Waals surface area contributed by atoms with Crippen LogP contribution >= 0.6 is 25.3 Å². The summed E-state index contributed by atoms with van der Waals surface area (Å²) in [6, 6.07) is 7.55. The average molecular weight is 244 g/mol. The third-order valence-electron chi connectivity index (χ3n) is 1.39. The first-order chi connectivity index (χ1) is 6.93. The Balaban J connectivity index is 0.000000423. The van der Waals surface area contributed by atoms with E-state index in [1.165, 1.54) is 0 Å². The van der Waals surface area contributed by atoms with Crippen LogP contribution in [0.2, 0.25) is 0 Å². The lowest BCUT2D eigenvalue weighted by Crippen LogP contribution is -2.02. The van der Waals surface area contributed by atoms with Crippen LogP contribution in [0.5, 0.6) is 0 Å². The number of carbonyl (C=O) groups excluding carboxylic acids is 2. The molecule has 0 heterocycles. The zero-order valence-corrected chi connectivity index (χ0v) is 9.89. The highest BCUT2D eigenvalue weighted by molar-refractivity contribution is 7.97. The molecule has 0 aromatic heterocycles. The second-order valence-electron chi connectivity index (χ2n) is 2.58.